The van der Waals surface area contributed by atoms with Crippen molar-refractivity contribution in [1.82, 2.24) is 10.6 Å². The van der Waals surface area contributed by atoms with Gasteiger partial charge in [0.25, 0.3) is 5.91 Å². The van der Waals surface area contributed by atoms with Gasteiger partial charge in [-0.2, -0.15) is 0 Å². The van der Waals surface area contributed by atoms with Gasteiger partial charge >= 0.3 is 0 Å². The maximum absolute atomic E-state index is 13.5. The lowest BCUT2D eigenvalue weighted by Crippen LogP contribution is -2.28. The van der Waals surface area contributed by atoms with Crippen LogP contribution in [0.15, 0.2) is 18.2 Å². The molecule has 0 bridgehead atoms. The van der Waals surface area contributed by atoms with Crippen LogP contribution >= 0.6 is 0 Å². The van der Waals surface area contributed by atoms with E-state index in [9.17, 15) is 9.18 Å². The van der Waals surface area contributed by atoms with Crippen LogP contribution in [-0.4, -0.2) is 25.5 Å². The van der Waals surface area contributed by atoms with Gasteiger partial charge in [0.2, 0.25) is 0 Å². The third-order valence-electron chi connectivity index (χ3n) is 2.44. The number of halogens is 1. The number of carbonyl (C=O) groups excluding carboxylic acids is 1. The second-order valence-corrected chi connectivity index (χ2v) is 3.95. The first-order chi connectivity index (χ1) is 8.15. The highest BCUT2D eigenvalue weighted by Crippen LogP contribution is 2.09. The smallest absolute Gasteiger partial charge is 0.254 e. The fourth-order valence-electron chi connectivity index (χ4n) is 1.49. The second kappa shape index (κ2) is 7.01. The maximum Gasteiger partial charge on any atom is 0.254 e. The molecule has 2 N–H and O–H groups in total. The lowest BCUT2D eigenvalue weighted by molar-refractivity contribution is 0.0949. The lowest BCUT2D eigenvalue weighted by Gasteiger charge is -2.06. The Bertz CT molecular complexity index is 380. The van der Waals surface area contributed by atoms with E-state index >= 15 is 0 Å². The number of carbonyl (C=O) groups is 1. The quantitative estimate of drug-likeness (QED) is 0.743. The first-order valence-electron chi connectivity index (χ1n) is 5.90. The minimum Gasteiger partial charge on any atom is -0.352 e. The molecule has 0 aromatic heterocycles. The van der Waals surface area contributed by atoms with Crippen LogP contribution in [0.2, 0.25) is 0 Å². The summed E-state index contributed by atoms with van der Waals surface area (Å²) in [4.78, 5) is 11.6. The number of rotatable bonds is 6. The zero-order valence-corrected chi connectivity index (χ0v) is 10.3. The van der Waals surface area contributed by atoms with Crippen LogP contribution < -0.4 is 10.6 Å². The monoisotopic (exact) mass is 238 g/mol. The number of aryl methyl sites for hydroxylation is 1. The Balaban J connectivity index is 2.42. The van der Waals surface area contributed by atoms with Crippen molar-refractivity contribution in [3.8, 4) is 0 Å². The van der Waals surface area contributed by atoms with Gasteiger partial charge in [0, 0.05) is 6.54 Å². The molecule has 0 fully saturated rings. The highest BCUT2D eigenvalue weighted by Gasteiger charge is 2.10. The first kappa shape index (κ1) is 13.6. The molecule has 4 heteroatoms. The highest BCUT2D eigenvalue weighted by atomic mass is 19.1. The van der Waals surface area contributed by atoms with E-state index in [1.54, 1.807) is 13.0 Å². The fourth-order valence-corrected chi connectivity index (χ4v) is 1.49. The SMILES string of the molecule is CCNCCCNC(=O)c1ccc(C)cc1F. The van der Waals surface area contributed by atoms with Crippen LogP contribution in [0.5, 0.6) is 0 Å². The van der Waals surface area contributed by atoms with E-state index in [2.05, 4.69) is 10.6 Å². The summed E-state index contributed by atoms with van der Waals surface area (Å²) in [6, 6.07) is 4.62. The van der Waals surface area contributed by atoms with Gasteiger partial charge in [0.15, 0.2) is 0 Å². The normalized spacial score (nSPS) is 10.3. The van der Waals surface area contributed by atoms with Gasteiger partial charge in [-0.15, -0.1) is 0 Å². The van der Waals surface area contributed by atoms with Crippen molar-refractivity contribution in [2.24, 2.45) is 0 Å². The number of hydrogen-bond donors (Lipinski definition) is 2. The van der Waals surface area contributed by atoms with E-state index in [1.165, 1.54) is 12.1 Å². The molecule has 17 heavy (non-hydrogen) atoms. The molecular formula is C13H19FN2O. The lowest BCUT2D eigenvalue weighted by atomic mass is 10.1. The van der Waals surface area contributed by atoms with Crippen LogP contribution in [0.4, 0.5) is 4.39 Å². The Labute approximate surface area is 101 Å². The van der Waals surface area contributed by atoms with Crippen molar-refractivity contribution in [2.75, 3.05) is 19.6 Å². The number of amides is 1. The summed E-state index contributed by atoms with van der Waals surface area (Å²) >= 11 is 0. The molecule has 0 heterocycles. The second-order valence-electron chi connectivity index (χ2n) is 3.95. The van der Waals surface area contributed by atoms with Crippen LogP contribution in [0.1, 0.15) is 29.3 Å². The van der Waals surface area contributed by atoms with Gasteiger partial charge in [0.05, 0.1) is 5.56 Å². The summed E-state index contributed by atoms with van der Waals surface area (Å²) < 4.78 is 13.5. The van der Waals surface area contributed by atoms with Crippen LogP contribution in [0.3, 0.4) is 0 Å². The van der Waals surface area contributed by atoms with Gasteiger partial charge in [-0.05, 0) is 44.1 Å². The van der Waals surface area contributed by atoms with Crippen LogP contribution in [-0.2, 0) is 0 Å². The summed E-state index contributed by atoms with van der Waals surface area (Å²) in [6.07, 6.45) is 0.840. The molecule has 0 atom stereocenters. The fraction of sp³-hybridized carbons (Fsp3) is 0.462. The van der Waals surface area contributed by atoms with Gasteiger partial charge in [-0.3, -0.25) is 4.79 Å². The minimum absolute atomic E-state index is 0.110. The Kier molecular flexibility index (Phi) is 5.63. The number of benzene rings is 1. The molecule has 0 saturated carbocycles. The largest absolute Gasteiger partial charge is 0.352 e. The molecule has 0 aliphatic rings. The third kappa shape index (κ3) is 4.53. The average molecular weight is 238 g/mol. The van der Waals surface area contributed by atoms with Crippen molar-refractivity contribution in [1.29, 1.82) is 0 Å². The van der Waals surface area contributed by atoms with Crippen molar-refractivity contribution in [3.63, 3.8) is 0 Å². The molecule has 0 saturated heterocycles. The third-order valence-corrected chi connectivity index (χ3v) is 2.44. The summed E-state index contributed by atoms with van der Waals surface area (Å²) in [5.74, 6) is -0.812. The predicted molar refractivity (Wildman–Crippen MR) is 66.6 cm³/mol. The summed E-state index contributed by atoms with van der Waals surface area (Å²) in [5.41, 5.74) is 0.922. The minimum atomic E-state index is -0.464. The Morgan fingerprint density at radius 3 is 2.76 bits per heavy atom. The van der Waals surface area contributed by atoms with E-state index < -0.39 is 5.82 Å². The molecule has 94 valence electrons. The molecule has 1 aromatic rings. The number of hydrogen-bond acceptors (Lipinski definition) is 2. The van der Waals surface area contributed by atoms with Crippen molar-refractivity contribution in [2.45, 2.75) is 20.3 Å². The van der Waals surface area contributed by atoms with Gasteiger partial charge < -0.3 is 10.6 Å². The van der Waals surface area contributed by atoms with Crippen molar-refractivity contribution < 1.29 is 9.18 Å². The molecule has 0 aliphatic carbocycles. The molecule has 0 spiro atoms. The molecule has 0 unspecified atom stereocenters. The first-order valence-corrected chi connectivity index (χ1v) is 5.90. The Morgan fingerprint density at radius 2 is 2.12 bits per heavy atom. The van der Waals surface area contributed by atoms with Gasteiger partial charge in [-0.25, -0.2) is 4.39 Å². The molecule has 1 rings (SSSR count). The maximum atomic E-state index is 13.5. The molecule has 3 nitrogen and oxygen atoms in total. The van der Waals surface area contributed by atoms with E-state index in [0.717, 1.165) is 25.1 Å². The molecule has 0 aliphatic heterocycles. The van der Waals surface area contributed by atoms with Gasteiger partial charge in [-0.1, -0.05) is 13.0 Å². The predicted octanol–water partition coefficient (Wildman–Crippen LogP) is 1.86. The van der Waals surface area contributed by atoms with E-state index in [4.69, 9.17) is 0 Å². The van der Waals surface area contributed by atoms with Crippen molar-refractivity contribution in [3.05, 3.63) is 35.1 Å². The van der Waals surface area contributed by atoms with Crippen LogP contribution in [0.25, 0.3) is 0 Å². The van der Waals surface area contributed by atoms with Crippen LogP contribution in [0, 0.1) is 12.7 Å². The molecular weight excluding hydrogens is 219 g/mol. The average Bonchev–Trinajstić information content (AvgIpc) is 2.28. The molecule has 0 radical (unpaired) electrons. The number of nitrogens with one attached hydrogen (secondary N) is 2. The summed E-state index contributed by atoms with van der Waals surface area (Å²) in [5, 5.41) is 5.85. The van der Waals surface area contributed by atoms with Gasteiger partial charge in [0.1, 0.15) is 5.82 Å². The standard InChI is InChI=1S/C13H19FN2O/c1-3-15-7-4-8-16-13(17)11-6-5-10(2)9-12(11)14/h5-6,9,15H,3-4,7-8H2,1-2H3,(H,16,17). The highest BCUT2D eigenvalue weighted by molar-refractivity contribution is 5.94. The molecule has 1 aromatic carbocycles. The zero-order valence-electron chi connectivity index (χ0n) is 10.3. The van der Waals surface area contributed by atoms with E-state index in [0.29, 0.717) is 6.54 Å². The Morgan fingerprint density at radius 1 is 1.35 bits per heavy atom. The Hall–Kier alpha value is -1.42. The van der Waals surface area contributed by atoms with E-state index in [-0.39, 0.29) is 11.5 Å². The zero-order chi connectivity index (χ0) is 12.7. The summed E-state index contributed by atoms with van der Waals surface area (Å²) in [7, 11) is 0. The topological polar surface area (TPSA) is 41.1 Å². The molecule has 1 amide bonds. The summed E-state index contributed by atoms with van der Waals surface area (Å²) in [6.45, 7) is 6.15. The van der Waals surface area contributed by atoms with Crippen molar-refractivity contribution >= 4 is 5.91 Å². The van der Waals surface area contributed by atoms with E-state index in [1.807, 2.05) is 6.92 Å².